The fourth-order valence-corrected chi connectivity index (χ4v) is 3.83. The molecular weight excluding hydrogens is 337 g/mol. The number of carbonyl (C=O) groups excluding carboxylic acids is 1. The first-order valence-electron chi connectivity index (χ1n) is 9.13. The predicted octanol–water partition coefficient (Wildman–Crippen LogP) is 1.90. The molecule has 1 amide bonds. The van der Waals surface area contributed by atoms with E-state index in [9.17, 15) is 9.18 Å². The third-order valence-corrected chi connectivity index (χ3v) is 5.19. The fourth-order valence-electron chi connectivity index (χ4n) is 3.83. The molecule has 1 aliphatic carbocycles. The van der Waals surface area contributed by atoms with E-state index >= 15 is 0 Å². The average molecular weight is 361 g/mol. The van der Waals surface area contributed by atoms with Gasteiger partial charge in [0.25, 0.3) is 5.89 Å². The number of nitrogens with one attached hydrogen (secondary N) is 1. The summed E-state index contributed by atoms with van der Waals surface area (Å²) >= 11 is 0. The summed E-state index contributed by atoms with van der Waals surface area (Å²) in [6.45, 7) is 4.26. The van der Waals surface area contributed by atoms with E-state index in [1.165, 1.54) is 0 Å². The maximum Gasteiger partial charge on any atom is 0.307 e. The van der Waals surface area contributed by atoms with E-state index < -0.39 is 6.17 Å². The van der Waals surface area contributed by atoms with Crippen molar-refractivity contribution in [2.24, 2.45) is 7.05 Å². The van der Waals surface area contributed by atoms with Gasteiger partial charge in [-0.2, -0.15) is 5.10 Å². The van der Waals surface area contributed by atoms with Crippen molar-refractivity contribution in [2.75, 3.05) is 6.54 Å². The van der Waals surface area contributed by atoms with Crippen molar-refractivity contribution in [1.82, 2.24) is 25.0 Å². The third-order valence-electron chi connectivity index (χ3n) is 5.19. The van der Waals surface area contributed by atoms with Crippen molar-refractivity contribution in [2.45, 2.75) is 57.9 Å². The molecule has 1 saturated carbocycles. The number of aryl methyl sites for hydroxylation is 2. The van der Waals surface area contributed by atoms with Crippen LogP contribution in [0.4, 0.5) is 4.39 Å². The van der Waals surface area contributed by atoms with Crippen LogP contribution in [0.25, 0.3) is 0 Å². The summed E-state index contributed by atoms with van der Waals surface area (Å²) in [5, 5.41) is 7.21. The Kier molecular flexibility index (Phi) is 4.52. The van der Waals surface area contributed by atoms with Gasteiger partial charge < -0.3 is 9.73 Å². The summed E-state index contributed by atoms with van der Waals surface area (Å²) in [6, 6.07) is 1.96. The number of carbonyl (C=O) groups is 1. The van der Waals surface area contributed by atoms with Gasteiger partial charge in [0.2, 0.25) is 0 Å². The van der Waals surface area contributed by atoms with Crippen LogP contribution in [0, 0.1) is 6.92 Å². The molecule has 1 N–H and O–H groups in total. The van der Waals surface area contributed by atoms with Gasteiger partial charge in [-0.25, -0.2) is 9.37 Å². The number of amides is 1. The maximum atomic E-state index is 13.3. The number of hydrogen-bond acceptors (Lipinski definition) is 5. The Morgan fingerprint density at radius 1 is 1.46 bits per heavy atom. The molecule has 7 nitrogen and oxygen atoms in total. The van der Waals surface area contributed by atoms with Crippen molar-refractivity contribution in [1.29, 1.82) is 0 Å². The highest BCUT2D eigenvalue weighted by atomic mass is 19.1. The zero-order chi connectivity index (χ0) is 18.3. The minimum atomic E-state index is -0.817. The van der Waals surface area contributed by atoms with Crippen molar-refractivity contribution in [3.05, 3.63) is 34.8 Å². The highest BCUT2D eigenvalue weighted by Gasteiger charge is 2.29. The van der Waals surface area contributed by atoms with Crippen LogP contribution in [0.2, 0.25) is 0 Å². The molecule has 8 heteroatoms. The van der Waals surface area contributed by atoms with Crippen LogP contribution in [-0.2, 0) is 26.6 Å². The Morgan fingerprint density at radius 2 is 2.31 bits per heavy atom. The molecule has 2 aromatic rings. The molecule has 0 bridgehead atoms. The van der Waals surface area contributed by atoms with Crippen molar-refractivity contribution < 1.29 is 13.6 Å². The molecule has 0 radical (unpaired) electrons. The molecule has 2 aromatic heterocycles. The quantitative estimate of drug-likeness (QED) is 0.900. The van der Waals surface area contributed by atoms with Gasteiger partial charge in [-0.3, -0.25) is 14.4 Å². The van der Waals surface area contributed by atoms with Crippen LogP contribution < -0.4 is 5.32 Å². The second-order valence-corrected chi connectivity index (χ2v) is 7.33. The Balaban J connectivity index is 1.40. The number of rotatable bonds is 4. The summed E-state index contributed by atoms with van der Waals surface area (Å²) in [5.74, 6) is 0.533. The standard InChI is InChI=1S/C18H24FN5O2/c1-11-7-14(23(2)22-11)9-24-6-5-16-15(10-24)21-18(26-16)17(25)20-13-4-3-12(19)8-13/h7,12-13H,3-6,8-10H2,1-2H3,(H,20,25)/t12-,13-/m1/s1. The number of halogens is 1. The van der Waals surface area contributed by atoms with Gasteiger partial charge in [-0.05, 0) is 32.3 Å². The molecule has 0 aromatic carbocycles. The molecule has 2 aliphatic rings. The normalized spacial score (nSPS) is 23.2. The van der Waals surface area contributed by atoms with E-state index in [-0.39, 0.29) is 17.8 Å². The Labute approximate surface area is 151 Å². The lowest BCUT2D eigenvalue weighted by molar-refractivity contribution is 0.0899. The first kappa shape index (κ1) is 17.2. The fraction of sp³-hybridized carbons (Fsp3) is 0.611. The highest BCUT2D eigenvalue weighted by molar-refractivity contribution is 5.90. The lowest BCUT2D eigenvalue weighted by atomic mass is 10.1. The molecule has 4 rings (SSSR count). The summed E-state index contributed by atoms with van der Waals surface area (Å²) in [4.78, 5) is 19.0. The van der Waals surface area contributed by atoms with Crippen LogP contribution in [0.3, 0.4) is 0 Å². The molecule has 140 valence electrons. The first-order chi connectivity index (χ1) is 12.5. The van der Waals surface area contributed by atoms with Crippen molar-refractivity contribution in [3.63, 3.8) is 0 Å². The van der Waals surface area contributed by atoms with E-state index in [1.54, 1.807) is 0 Å². The number of alkyl halides is 1. The van der Waals surface area contributed by atoms with Gasteiger partial charge in [0, 0.05) is 39.1 Å². The Hall–Kier alpha value is -2.22. The van der Waals surface area contributed by atoms with E-state index in [1.807, 2.05) is 18.7 Å². The number of fused-ring (bicyclic) bond motifs is 1. The minimum absolute atomic E-state index is 0.0931. The van der Waals surface area contributed by atoms with Crippen LogP contribution in [-0.4, -0.2) is 44.3 Å². The Bertz CT molecular complexity index is 815. The van der Waals surface area contributed by atoms with Crippen LogP contribution in [0.5, 0.6) is 0 Å². The maximum absolute atomic E-state index is 13.3. The smallest absolute Gasteiger partial charge is 0.307 e. The molecule has 0 unspecified atom stereocenters. The number of nitrogens with zero attached hydrogens (tertiary/aromatic N) is 4. The monoisotopic (exact) mass is 361 g/mol. The zero-order valence-corrected chi connectivity index (χ0v) is 15.2. The predicted molar refractivity (Wildman–Crippen MR) is 92.3 cm³/mol. The van der Waals surface area contributed by atoms with Gasteiger partial charge in [0.1, 0.15) is 11.9 Å². The number of aromatic nitrogens is 3. The second kappa shape index (κ2) is 6.83. The lowest BCUT2D eigenvalue weighted by Crippen LogP contribution is -2.33. The topological polar surface area (TPSA) is 76.2 Å². The van der Waals surface area contributed by atoms with Crippen LogP contribution >= 0.6 is 0 Å². The first-order valence-corrected chi connectivity index (χ1v) is 9.13. The van der Waals surface area contributed by atoms with E-state index in [2.05, 4.69) is 26.4 Å². The van der Waals surface area contributed by atoms with Gasteiger partial charge in [-0.15, -0.1) is 0 Å². The lowest BCUT2D eigenvalue weighted by Gasteiger charge is -2.24. The van der Waals surface area contributed by atoms with E-state index in [0.717, 1.165) is 42.4 Å². The van der Waals surface area contributed by atoms with Gasteiger partial charge in [0.05, 0.1) is 17.1 Å². The SMILES string of the molecule is Cc1cc(CN2CCc3oc(C(=O)N[C@@H]4CC[C@@H](F)C4)nc3C2)n(C)n1. The highest BCUT2D eigenvalue weighted by Crippen LogP contribution is 2.24. The van der Waals surface area contributed by atoms with Gasteiger partial charge in [0.15, 0.2) is 0 Å². The molecular formula is C18H24FN5O2. The Morgan fingerprint density at radius 3 is 3.00 bits per heavy atom. The largest absolute Gasteiger partial charge is 0.437 e. The van der Waals surface area contributed by atoms with Crippen molar-refractivity contribution in [3.8, 4) is 0 Å². The molecule has 3 heterocycles. The van der Waals surface area contributed by atoms with Crippen LogP contribution in [0.15, 0.2) is 10.5 Å². The van der Waals surface area contributed by atoms with Gasteiger partial charge in [-0.1, -0.05) is 0 Å². The number of oxazole rings is 1. The summed E-state index contributed by atoms with van der Waals surface area (Å²) < 4.78 is 20.8. The molecule has 0 saturated heterocycles. The summed E-state index contributed by atoms with van der Waals surface area (Å²) in [6.07, 6.45) is 1.47. The molecule has 1 fully saturated rings. The summed E-state index contributed by atoms with van der Waals surface area (Å²) in [7, 11) is 1.95. The molecule has 0 spiro atoms. The van der Waals surface area contributed by atoms with Gasteiger partial charge >= 0.3 is 5.91 Å². The minimum Gasteiger partial charge on any atom is -0.437 e. The van der Waals surface area contributed by atoms with Crippen molar-refractivity contribution >= 4 is 5.91 Å². The third kappa shape index (κ3) is 3.51. The molecule has 26 heavy (non-hydrogen) atoms. The number of hydrogen-bond donors (Lipinski definition) is 1. The van der Waals surface area contributed by atoms with E-state index in [0.29, 0.717) is 25.8 Å². The molecule has 2 atom stereocenters. The zero-order valence-electron chi connectivity index (χ0n) is 15.2. The second-order valence-electron chi connectivity index (χ2n) is 7.33. The van der Waals surface area contributed by atoms with Crippen LogP contribution in [0.1, 0.15) is 52.8 Å². The molecule has 1 aliphatic heterocycles. The summed E-state index contributed by atoms with van der Waals surface area (Å²) in [5.41, 5.74) is 2.97. The average Bonchev–Trinajstić information content (AvgIpc) is 3.27. The van der Waals surface area contributed by atoms with E-state index in [4.69, 9.17) is 4.42 Å².